The summed E-state index contributed by atoms with van der Waals surface area (Å²) < 4.78 is 0. The first-order valence-corrected chi connectivity index (χ1v) is 7.39. The number of H-pyrrole nitrogens is 2. The van der Waals surface area contributed by atoms with Gasteiger partial charge in [0.25, 0.3) is 0 Å². The molecule has 0 aliphatic heterocycles. The van der Waals surface area contributed by atoms with Crippen LogP contribution in [-0.2, 0) is 6.54 Å². The van der Waals surface area contributed by atoms with Crippen LogP contribution in [0.25, 0.3) is 11.3 Å². The first kappa shape index (κ1) is 15.4. The number of nitrogens with one attached hydrogen (secondary N) is 2. The van der Waals surface area contributed by atoms with Gasteiger partial charge >= 0.3 is 5.69 Å². The Kier molecular flexibility index (Phi) is 4.08. The number of rotatable bonds is 4. The normalized spacial score (nSPS) is 10.3. The number of imidazole rings is 1. The molecular weight excluding hydrogens is 304 g/mol. The Labute approximate surface area is 138 Å². The predicted octanol–water partition coefficient (Wildman–Crippen LogP) is 2.58. The van der Waals surface area contributed by atoms with Crippen molar-refractivity contribution in [3.8, 4) is 23.2 Å². The maximum Gasteiger partial charge on any atom is 0.326 e. The SMILES string of the molecule is CN(Cc1ccccc1)c1cc(C#N)ccc1-c1[nH]c(=O)[nH]c1O. The van der Waals surface area contributed by atoms with E-state index in [9.17, 15) is 15.2 Å². The Morgan fingerprint density at radius 2 is 1.92 bits per heavy atom. The molecule has 1 heterocycles. The zero-order valence-electron chi connectivity index (χ0n) is 13.1. The largest absolute Gasteiger partial charge is 0.493 e. The van der Waals surface area contributed by atoms with E-state index in [0.717, 1.165) is 11.3 Å². The number of hydrogen-bond donors (Lipinski definition) is 3. The molecular formula is C18H16N4O2. The molecule has 0 amide bonds. The molecule has 24 heavy (non-hydrogen) atoms. The van der Waals surface area contributed by atoms with Gasteiger partial charge < -0.3 is 15.0 Å². The van der Waals surface area contributed by atoms with Gasteiger partial charge in [0.05, 0.1) is 11.6 Å². The van der Waals surface area contributed by atoms with Crippen LogP contribution in [0, 0.1) is 11.3 Å². The van der Waals surface area contributed by atoms with E-state index in [1.807, 2.05) is 42.3 Å². The van der Waals surface area contributed by atoms with Crippen molar-refractivity contribution < 1.29 is 5.11 Å². The zero-order chi connectivity index (χ0) is 17.1. The second kappa shape index (κ2) is 6.34. The van der Waals surface area contributed by atoms with Gasteiger partial charge in [0.2, 0.25) is 5.88 Å². The van der Waals surface area contributed by atoms with Gasteiger partial charge in [-0.25, -0.2) is 4.79 Å². The smallest absolute Gasteiger partial charge is 0.326 e. The Balaban J connectivity index is 2.06. The van der Waals surface area contributed by atoms with Gasteiger partial charge in [-0.05, 0) is 23.8 Å². The van der Waals surface area contributed by atoms with Crippen LogP contribution in [0.2, 0.25) is 0 Å². The monoisotopic (exact) mass is 320 g/mol. The molecule has 2 aromatic carbocycles. The van der Waals surface area contributed by atoms with Crippen LogP contribution >= 0.6 is 0 Å². The topological polar surface area (TPSA) is 95.9 Å². The third kappa shape index (κ3) is 3.01. The van der Waals surface area contributed by atoms with E-state index in [1.165, 1.54) is 0 Å². The molecule has 1 aromatic heterocycles. The molecule has 3 rings (SSSR count). The fourth-order valence-corrected chi connectivity index (χ4v) is 2.64. The minimum atomic E-state index is -0.483. The molecule has 120 valence electrons. The minimum absolute atomic E-state index is 0.223. The molecule has 0 spiro atoms. The lowest BCUT2D eigenvalue weighted by Gasteiger charge is -2.22. The number of aromatic nitrogens is 2. The molecule has 3 N–H and O–H groups in total. The molecule has 0 radical (unpaired) electrons. The van der Waals surface area contributed by atoms with Crippen molar-refractivity contribution in [1.82, 2.24) is 9.97 Å². The molecule has 6 nitrogen and oxygen atoms in total. The fourth-order valence-electron chi connectivity index (χ4n) is 2.64. The van der Waals surface area contributed by atoms with Gasteiger partial charge in [0.1, 0.15) is 5.69 Å². The third-order valence-electron chi connectivity index (χ3n) is 3.78. The van der Waals surface area contributed by atoms with Crippen LogP contribution in [0.1, 0.15) is 11.1 Å². The number of nitrogens with zero attached hydrogens (tertiary/aromatic N) is 2. The summed E-state index contributed by atoms with van der Waals surface area (Å²) in [6.45, 7) is 0.623. The van der Waals surface area contributed by atoms with Crippen molar-refractivity contribution in [2.45, 2.75) is 6.54 Å². The van der Waals surface area contributed by atoms with Gasteiger partial charge in [0, 0.05) is 24.8 Å². The molecule has 0 atom stereocenters. The lowest BCUT2D eigenvalue weighted by Crippen LogP contribution is -2.17. The number of hydrogen-bond acceptors (Lipinski definition) is 4. The summed E-state index contributed by atoms with van der Waals surface area (Å²) in [5.41, 5.74) is 2.82. The van der Waals surface area contributed by atoms with Gasteiger partial charge in [-0.3, -0.25) is 4.98 Å². The van der Waals surface area contributed by atoms with E-state index in [1.54, 1.807) is 18.2 Å². The van der Waals surface area contributed by atoms with Crippen molar-refractivity contribution in [1.29, 1.82) is 5.26 Å². The van der Waals surface area contributed by atoms with Gasteiger partial charge in [-0.2, -0.15) is 5.26 Å². The molecule has 0 aliphatic rings. The average Bonchev–Trinajstić information content (AvgIpc) is 2.93. The Bertz CT molecular complexity index is 951. The maximum atomic E-state index is 11.4. The summed E-state index contributed by atoms with van der Waals surface area (Å²) >= 11 is 0. The van der Waals surface area contributed by atoms with Crippen LogP contribution in [0.3, 0.4) is 0 Å². The fraction of sp³-hybridized carbons (Fsp3) is 0.111. The highest BCUT2D eigenvalue weighted by Gasteiger charge is 2.16. The van der Waals surface area contributed by atoms with Crippen LogP contribution in [0.15, 0.2) is 53.3 Å². The van der Waals surface area contributed by atoms with E-state index >= 15 is 0 Å². The van der Waals surface area contributed by atoms with E-state index in [2.05, 4.69) is 16.0 Å². The van der Waals surface area contributed by atoms with Crippen molar-refractivity contribution >= 4 is 5.69 Å². The van der Waals surface area contributed by atoms with Crippen LogP contribution in [-0.4, -0.2) is 22.1 Å². The quantitative estimate of drug-likeness (QED) is 0.688. The molecule has 6 heteroatoms. The number of aromatic hydroxyl groups is 1. The number of benzene rings is 2. The van der Waals surface area contributed by atoms with Crippen molar-refractivity contribution in [3.05, 3.63) is 70.1 Å². The standard InChI is InChI=1S/C18H16N4O2/c1-22(11-12-5-3-2-4-6-12)15-9-13(10-19)7-8-14(15)16-17(23)21-18(24)20-16/h2-9,23H,11H2,1H3,(H2,20,21,24). The average molecular weight is 320 g/mol. The third-order valence-corrected chi connectivity index (χ3v) is 3.78. The van der Waals surface area contributed by atoms with E-state index in [-0.39, 0.29) is 5.88 Å². The molecule has 0 saturated heterocycles. The van der Waals surface area contributed by atoms with Crippen LogP contribution in [0.5, 0.6) is 5.88 Å². The molecule has 0 bridgehead atoms. The Morgan fingerprint density at radius 3 is 2.54 bits per heavy atom. The van der Waals surface area contributed by atoms with Crippen molar-refractivity contribution in [3.63, 3.8) is 0 Å². The highest BCUT2D eigenvalue weighted by Crippen LogP contribution is 2.34. The molecule has 0 unspecified atom stereocenters. The summed E-state index contributed by atoms with van der Waals surface area (Å²) in [5, 5.41) is 19.1. The maximum absolute atomic E-state index is 11.4. The highest BCUT2D eigenvalue weighted by atomic mass is 16.3. The second-order valence-electron chi connectivity index (χ2n) is 5.49. The van der Waals surface area contributed by atoms with Crippen LogP contribution in [0.4, 0.5) is 5.69 Å². The first-order valence-electron chi connectivity index (χ1n) is 7.39. The van der Waals surface area contributed by atoms with E-state index < -0.39 is 5.69 Å². The van der Waals surface area contributed by atoms with Crippen molar-refractivity contribution in [2.75, 3.05) is 11.9 Å². The lowest BCUT2D eigenvalue weighted by atomic mass is 10.1. The number of nitriles is 1. The molecule has 3 aromatic rings. The summed E-state index contributed by atoms with van der Waals surface area (Å²) in [6, 6.07) is 17.1. The van der Waals surface area contributed by atoms with Crippen molar-refractivity contribution in [2.24, 2.45) is 0 Å². The number of aromatic amines is 2. The predicted molar refractivity (Wildman–Crippen MR) is 91.8 cm³/mol. The Hall–Kier alpha value is -3.46. The van der Waals surface area contributed by atoms with E-state index in [4.69, 9.17) is 0 Å². The first-order chi connectivity index (χ1) is 11.6. The second-order valence-corrected chi connectivity index (χ2v) is 5.49. The highest BCUT2D eigenvalue weighted by molar-refractivity contribution is 5.80. The summed E-state index contributed by atoms with van der Waals surface area (Å²) in [5.74, 6) is -0.223. The molecule has 0 fully saturated rings. The minimum Gasteiger partial charge on any atom is -0.493 e. The summed E-state index contributed by atoms with van der Waals surface area (Å²) in [6.07, 6.45) is 0. The van der Waals surface area contributed by atoms with Gasteiger partial charge in [-0.15, -0.1) is 0 Å². The number of anilines is 1. The lowest BCUT2D eigenvalue weighted by molar-refractivity contribution is 0.457. The molecule has 0 saturated carbocycles. The zero-order valence-corrected chi connectivity index (χ0v) is 13.1. The van der Waals surface area contributed by atoms with Crippen LogP contribution < -0.4 is 10.6 Å². The van der Waals surface area contributed by atoms with E-state index in [0.29, 0.717) is 23.4 Å². The molecule has 0 aliphatic carbocycles. The van der Waals surface area contributed by atoms with Gasteiger partial charge in [-0.1, -0.05) is 30.3 Å². The summed E-state index contributed by atoms with van der Waals surface area (Å²) in [4.78, 5) is 18.3. The van der Waals surface area contributed by atoms with Gasteiger partial charge in [0.15, 0.2) is 0 Å². The Morgan fingerprint density at radius 1 is 1.17 bits per heavy atom. The summed E-state index contributed by atoms with van der Waals surface area (Å²) in [7, 11) is 1.90.